The van der Waals surface area contributed by atoms with E-state index in [1.54, 1.807) is 0 Å². The van der Waals surface area contributed by atoms with Crippen molar-refractivity contribution in [1.82, 2.24) is 5.32 Å². The molecule has 0 atom stereocenters. The average molecular weight is 265 g/mol. The molecule has 0 bridgehead atoms. The molecule has 4 heteroatoms. The predicted molar refractivity (Wildman–Crippen MR) is 76.8 cm³/mol. The van der Waals surface area contributed by atoms with Crippen molar-refractivity contribution >= 4 is 6.09 Å². The predicted octanol–water partition coefficient (Wildman–Crippen LogP) is 2.40. The number of ether oxygens (including phenoxy) is 1. The second-order valence-electron chi connectivity index (χ2n) is 5.71. The van der Waals surface area contributed by atoms with Crippen LogP contribution in [0.15, 0.2) is 30.3 Å². The molecule has 0 saturated carbocycles. The van der Waals surface area contributed by atoms with Gasteiger partial charge >= 0.3 is 6.09 Å². The van der Waals surface area contributed by atoms with Gasteiger partial charge in [-0.15, -0.1) is 0 Å². The van der Waals surface area contributed by atoms with E-state index in [1.165, 1.54) is 0 Å². The van der Waals surface area contributed by atoms with Gasteiger partial charge in [-0.1, -0.05) is 30.3 Å². The van der Waals surface area contributed by atoms with E-state index >= 15 is 0 Å². The van der Waals surface area contributed by atoms with Gasteiger partial charge in [0.05, 0.1) is 27.7 Å². The van der Waals surface area contributed by atoms with Crippen LogP contribution in [0, 0.1) is 0 Å². The SMILES string of the molecule is C[N+](C)(C)CCCCNC(=O)OCc1ccccc1. The maximum absolute atomic E-state index is 11.4. The maximum atomic E-state index is 11.4. The number of benzene rings is 1. The number of quaternary nitrogens is 1. The van der Waals surface area contributed by atoms with E-state index < -0.39 is 0 Å². The Kier molecular flexibility index (Phi) is 6.36. The molecule has 1 rings (SSSR count). The number of rotatable bonds is 7. The second kappa shape index (κ2) is 7.79. The zero-order valence-electron chi connectivity index (χ0n) is 12.2. The minimum atomic E-state index is -0.339. The molecule has 0 aliphatic heterocycles. The first-order chi connectivity index (χ1) is 8.97. The molecule has 1 amide bonds. The minimum Gasteiger partial charge on any atom is -0.445 e. The fourth-order valence-corrected chi connectivity index (χ4v) is 1.68. The van der Waals surface area contributed by atoms with E-state index in [0.29, 0.717) is 13.2 Å². The summed E-state index contributed by atoms with van der Waals surface area (Å²) in [6, 6.07) is 9.68. The van der Waals surface area contributed by atoms with Crippen molar-refractivity contribution < 1.29 is 14.0 Å². The first-order valence-electron chi connectivity index (χ1n) is 6.72. The Hall–Kier alpha value is -1.55. The molecular formula is C15H25N2O2+. The van der Waals surface area contributed by atoms with Gasteiger partial charge in [-0.3, -0.25) is 0 Å². The zero-order chi connectivity index (χ0) is 14.1. The van der Waals surface area contributed by atoms with Crippen molar-refractivity contribution in [3.63, 3.8) is 0 Å². The lowest BCUT2D eigenvalue weighted by atomic mass is 10.2. The molecule has 1 N–H and O–H groups in total. The molecule has 106 valence electrons. The number of nitrogens with one attached hydrogen (secondary N) is 1. The van der Waals surface area contributed by atoms with Crippen LogP contribution >= 0.6 is 0 Å². The molecule has 0 heterocycles. The maximum Gasteiger partial charge on any atom is 0.407 e. The number of carbonyl (C=O) groups is 1. The monoisotopic (exact) mass is 265 g/mol. The van der Waals surface area contributed by atoms with E-state index in [-0.39, 0.29) is 6.09 Å². The molecule has 0 fully saturated rings. The van der Waals surface area contributed by atoms with Gasteiger partial charge in [-0.05, 0) is 18.4 Å². The number of unbranched alkanes of at least 4 members (excludes halogenated alkanes) is 1. The van der Waals surface area contributed by atoms with Crippen molar-refractivity contribution in [3.05, 3.63) is 35.9 Å². The third kappa shape index (κ3) is 8.21. The average Bonchev–Trinajstić information content (AvgIpc) is 2.36. The van der Waals surface area contributed by atoms with Gasteiger partial charge in [0, 0.05) is 6.54 Å². The molecule has 1 aromatic rings. The van der Waals surface area contributed by atoms with Crippen molar-refractivity contribution in [3.8, 4) is 0 Å². The Morgan fingerprint density at radius 3 is 2.47 bits per heavy atom. The van der Waals surface area contributed by atoms with E-state index in [0.717, 1.165) is 29.4 Å². The highest BCUT2D eigenvalue weighted by Gasteiger charge is 2.06. The summed E-state index contributed by atoms with van der Waals surface area (Å²) in [6.07, 6.45) is 1.74. The van der Waals surface area contributed by atoms with Gasteiger partial charge in [-0.2, -0.15) is 0 Å². The van der Waals surface area contributed by atoms with Crippen LogP contribution in [0.3, 0.4) is 0 Å². The van der Waals surface area contributed by atoms with E-state index in [4.69, 9.17) is 4.74 Å². The Bertz CT molecular complexity index is 371. The molecule has 0 unspecified atom stereocenters. The first kappa shape index (κ1) is 15.5. The van der Waals surface area contributed by atoms with Crippen LogP contribution in [0.5, 0.6) is 0 Å². The normalized spacial score (nSPS) is 11.1. The minimum absolute atomic E-state index is 0.325. The third-order valence-corrected chi connectivity index (χ3v) is 2.74. The standard InChI is InChI=1S/C15H24N2O2/c1-17(2,3)12-8-7-11-16-15(18)19-13-14-9-5-4-6-10-14/h4-6,9-10H,7-8,11-13H2,1-3H3/p+1. The molecular weight excluding hydrogens is 240 g/mol. The molecule has 0 spiro atoms. The Labute approximate surface area is 116 Å². The summed E-state index contributed by atoms with van der Waals surface area (Å²) in [7, 11) is 6.50. The van der Waals surface area contributed by atoms with E-state index in [1.807, 2.05) is 30.3 Å². The summed E-state index contributed by atoms with van der Waals surface area (Å²) in [5.74, 6) is 0. The summed E-state index contributed by atoms with van der Waals surface area (Å²) in [5, 5.41) is 2.77. The van der Waals surface area contributed by atoms with Gasteiger partial charge in [0.2, 0.25) is 0 Å². The zero-order valence-corrected chi connectivity index (χ0v) is 12.2. The van der Waals surface area contributed by atoms with Crippen LogP contribution in [-0.4, -0.2) is 44.8 Å². The number of hydrogen-bond donors (Lipinski definition) is 1. The molecule has 0 aliphatic rings. The molecule has 4 nitrogen and oxygen atoms in total. The van der Waals surface area contributed by atoms with Crippen LogP contribution in [0.4, 0.5) is 4.79 Å². The lowest BCUT2D eigenvalue weighted by Gasteiger charge is -2.23. The van der Waals surface area contributed by atoms with Gasteiger partial charge in [0.25, 0.3) is 0 Å². The fraction of sp³-hybridized carbons (Fsp3) is 0.533. The topological polar surface area (TPSA) is 38.3 Å². The number of amides is 1. The van der Waals surface area contributed by atoms with Crippen LogP contribution in [-0.2, 0) is 11.3 Å². The Morgan fingerprint density at radius 2 is 1.84 bits per heavy atom. The number of hydrogen-bond acceptors (Lipinski definition) is 2. The molecule has 1 aromatic carbocycles. The van der Waals surface area contributed by atoms with E-state index in [2.05, 4.69) is 26.5 Å². The van der Waals surface area contributed by atoms with E-state index in [9.17, 15) is 4.79 Å². The fourth-order valence-electron chi connectivity index (χ4n) is 1.68. The lowest BCUT2D eigenvalue weighted by molar-refractivity contribution is -0.870. The summed E-state index contributed by atoms with van der Waals surface area (Å²) < 4.78 is 6.08. The largest absolute Gasteiger partial charge is 0.445 e. The highest BCUT2D eigenvalue weighted by Crippen LogP contribution is 2.00. The van der Waals surface area contributed by atoms with Gasteiger partial charge in [-0.25, -0.2) is 4.79 Å². The highest BCUT2D eigenvalue weighted by molar-refractivity contribution is 5.67. The Morgan fingerprint density at radius 1 is 1.16 bits per heavy atom. The summed E-state index contributed by atoms with van der Waals surface area (Å²) in [5.41, 5.74) is 1.00. The molecule has 0 radical (unpaired) electrons. The van der Waals surface area contributed by atoms with Crippen molar-refractivity contribution in [2.75, 3.05) is 34.2 Å². The summed E-state index contributed by atoms with van der Waals surface area (Å²) >= 11 is 0. The summed E-state index contributed by atoms with van der Waals surface area (Å²) in [4.78, 5) is 11.4. The highest BCUT2D eigenvalue weighted by atomic mass is 16.5. The van der Waals surface area contributed by atoms with Crippen molar-refractivity contribution in [2.24, 2.45) is 0 Å². The number of alkyl carbamates (subject to hydrolysis) is 1. The van der Waals surface area contributed by atoms with Crippen molar-refractivity contribution in [2.45, 2.75) is 19.4 Å². The van der Waals surface area contributed by atoms with Crippen LogP contribution in [0.25, 0.3) is 0 Å². The molecule has 0 aromatic heterocycles. The van der Waals surface area contributed by atoms with Crippen LogP contribution < -0.4 is 5.32 Å². The summed E-state index contributed by atoms with van der Waals surface area (Å²) in [6.45, 7) is 2.11. The number of nitrogens with zero attached hydrogens (tertiary/aromatic N) is 1. The molecule has 0 saturated heterocycles. The second-order valence-corrected chi connectivity index (χ2v) is 5.71. The first-order valence-corrected chi connectivity index (χ1v) is 6.72. The smallest absolute Gasteiger partial charge is 0.407 e. The van der Waals surface area contributed by atoms with Gasteiger partial charge in [0.1, 0.15) is 6.61 Å². The third-order valence-electron chi connectivity index (χ3n) is 2.74. The molecule has 19 heavy (non-hydrogen) atoms. The number of carbonyl (C=O) groups excluding carboxylic acids is 1. The van der Waals surface area contributed by atoms with Gasteiger partial charge < -0.3 is 14.5 Å². The van der Waals surface area contributed by atoms with Crippen LogP contribution in [0.1, 0.15) is 18.4 Å². The lowest BCUT2D eigenvalue weighted by Crippen LogP contribution is -2.35. The molecule has 0 aliphatic carbocycles. The van der Waals surface area contributed by atoms with Gasteiger partial charge in [0.15, 0.2) is 0 Å². The van der Waals surface area contributed by atoms with Crippen molar-refractivity contribution in [1.29, 1.82) is 0 Å². The Balaban J connectivity index is 2.06. The van der Waals surface area contributed by atoms with Crippen LogP contribution in [0.2, 0.25) is 0 Å². The quantitative estimate of drug-likeness (QED) is 0.607.